The number of hydrogen-bond donors (Lipinski definition) is 2. The third-order valence-corrected chi connectivity index (χ3v) is 7.16. The molecular formula is C30H25FN2O4. The van der Waals surface area contributed by atoms with Gasteiger partial charge in [0.25, 0.3) is 5.91 Å². The summed E-state index contributed by atoms with van der Waals surface area (Å²) >= 11 is 0. The van der Waals surface area contributed by atoms with Gasteiger partial charge in [-0.25, -0.2) is 4.39 Å². The third-order valence-electron chi connectivity index (χ3n) is 7.16. The van der Waals surface area contributed by atoms with Crippen LogP contribution in [-0.4, -0.2) is 18.5 Å². The van der Waals surface area contributed by atoms with E-state index < -0.39 is 17.6 Å². The van der Waals surface area contributed by atoms with Crippen molar-refractivity contribution in [3.63, 3.8) is 0 Å². The van der Waals surface area contributed by atoms with E-state index in [2.05, 4.69) is 10.6 Å². The first kappa shape index (κ1) is 23.0. The molecule has 1 aliphatic carbocycles. The van der Waals surface area contributed by atoms with E-state index in [0.717, 1.165) is 16.8 Å². The standard InChI is InChI=1S/C30H25FN2O4/c1-17-27(30(35)33-22-9-5-8-21(31)15-22)28(19-10-11-25-26(14-19)37-16-36-25)29-23(32-17)12-20(13-24(29)34)18-6-3-2-4-7-18/h2-11,14-15,20,28,32H,12-13,16H2,1H3,(H,33,35)/t20-,28+/m1/s1. The minimum atomic E-state index is -0.608. The Morgan fingerprint density at radius 1 is 0.946 bits per heavy atom. The van der Waals surface area contributed by atoms with Gasteiger partial charge in [-0.1, -0.05) is 42.5 Å². The zero-order valence-corrected chi connectivity index (χ0v) is 20.2. The van der Waals surface area contributed by atoms with E-state index in [4.69, 9.17) is 9.47 Å². The van der Waals surface area contributed by atoms with Crippen molar-refractivity contribution in [2.24, 2.45) is 0 Å². The SMILES string of the molecule is CC1=C(C(=O)Nc2cccc(F)c2)[C@H](c2ccc3c(c2)OCO3)C2=C(C[C@@H](c3ccccc3)CC2=O)N1. The number of benzene rings is 3. The lowest BCUT2D eigenvalue weighted by Gasteiger charge is -2.37. The lowest BCUT2D eigenvalue weighted by atomic mass is 9.71. The number of hydrogen-bond acceptors (Lipinski definition) is 5. The molecule has 3 aromatic rings. The maximum absolute atomic E-state index is 13.8. The highest BCUT2D eigenvalue weighted by atomic mass is 19.1. The Morgan fingerprint density at radius 2 is 1.76 bits per heavy atom. The van der Waals surface area contributed by atoms with Crippen molar-refractivity contribution in [1.29, 1.82) is 0 Å². The molecule has 3 aliphatic rings. The molecule has 0 bridgehead atoms. The largest absolute Gasteiger partial charge is 0.454 e. The predicted octanol–water partition coefficient (Wildman–Crippen LogP) is 5.55. The zero-order valence-electron chi connectivity index (χ0n) is 20.2. The maximum Gasteiger partial charge on any atom is 0.254 e. The van der Waals surface area contributed by atoms with Gasteiger partial charge in [-0.2, -0.15) is 0 Å². The van der Waals surface area contributed by atoms with E-state index in [-0.39, 0.29) is 18.5 Å². The Balaban J connectivity index is 1.43. The van der Waals surface area contributed by atoms with Gasteiger partial charge in [0.1, 0.15) is 5.82 Å². The molecule has 6 rings (SSSR count). The molecule has 7 heteroatoms. The summed E-state index contributed by atoms with van der Waals surface area (Å²) in [5, 5.41) is 6.19. The molecular weight excluding hydrogens is 471 g/mol. The molecule has 0 saturated carbocycles. The molecule has 2 atom stereocenters. The molecule has 0 saturated heterocycles. The molecule has 1 amide bonds. The van der Waals surface area contributed by atoms with Crippen molar-refractivity contribution in [3.8, 4) is 11.5 Å². The fourth-order valence-electron chi connectivity index (χ4n) is 5.49. The molecule has 2 heterocycles. The van der Waals surface area contributed by atoms with Gasteiger partial charge in [-0.15, -0.1) is 0 Å². The van der Waals surface area contributed by atoms with Crippen molar-refractivity contribution < 1.29 is 23.5 Å². The molecule has 0 unspecified atom stereocenters. The van der Waals surface area contributed by atoms with Crippen LogP contribution < -0.4 is 20.1 Å². The number of carbonyl (C=O) groups excluding carboxylic acids is 2. The van der Waals surface area contributed by atoms with Gasteiger partial charge < -0.3 is 20.1 Å². The summed E-state index contributed by atoms with van der Waals surface area (Å²) in [5.74, 6) is -0.214. The molecule has 6 nitrogen and oxygen atoms in total. The molecule has 0 fully saturated rings. The highest BCUT2D eigenvalue weighted by molar-refractivity contribution is 6.10. The van der Waals surface area contributed by atoms with Crippen LogP contribution in [0.2, 0.25) is 0 Å². The monoisotopic (exact) mass is 496 g/mol. The average Bonchev–Trinajstić information content (AvgIpc) is 3.36. The number of anilines is 1. The van der Waals surface area contributed by atoms with Crippen LogP contribution in [0.5, 0.6) is 11.5 Å². The van der Waals surface area contributed by atoms with Gasteiger partial charge in [0.05, 0.1) is 0 Å². The van der Waals surface area contributed by atoms with E-state index in [9.17, 15) is 14.0 Å². The second-order valence-corrected chi connectivity index (χ2v) is 9.51. The number of allylic oxidation sites excluding steroid dienone is 3. The number of dihydropyridines is 1. The normalized spacial score (nSPS) is 20.4. The summed E-state index contributed by atoms with van der Waals surface area (Å²) in [6.45, 7) is 1.96. The van der Waals surface area contributed by atoms with Crippen LogP contribution in [0.15, 0.2) is 95.3 Å². The lowest BCUT2D eigenvalue weighted by molar-refractivity contribution is -0.116. The first-order chi connectivity index (χ1) is 18.0. The van der Waals surface area contributed by atoms with Crippen LogP contribution in [0.1, 0.15) is 42.7 Å². The van der Waals surface area contributed by atoms with Gasteiger partial charge in [0.2, 0.25) is 6.79 Å². The van der Waals surface area contributed by atoms with Crippen molar-refractivity contribution in [2.45, 2.75) is 31.6 Å². The summed E-state index contributed by atoms with van der Waals surface area (Å²) in [7, 11) is 0. The van der Waals surface area contributed by atoms with E-state index in [1.54, 1.807) is 12.1 Å². The van der Waals surface area contributed by atoms with Crippen molar-refractivity contribution in [2.75, 3.05) is 12.1 Å². The predicted molar refractivity (Wildman–Crippen MR) is 137 cm³/mol. The van der Waals surface area contributed by atoms with Gasteiger partial charge in [-0.05, 0) is 60.7 Å². The molecule has 2 aliphatic heterocycles. The smallest absolute Gasteiger partial charge is 0.254 e. The first-order valence-corrected chi connectivity index (χ1v) is 12.2. The van der Waals surface area contributed by atoms with E-state index >= 15 is 0 Å². The summed E-state index contributed by atoms with van der Waals surface area (Å²) in [6, 6.07) is 21.3. The first-order valence-electron chi connectivity index (χ1n) is 12.2. The lowest BCUT2D eigenvalue weighted by Crippen LogP contribution is -2.37. The molecule has 37 heavy (non-hydrogen) atoms. The zero-order chi connectivity index (χ0) is 25.5. The van der Waals surface area contributed by atoms with Crippen LogP contribution in [0.4, 0.5) is 10.1 Å². The summed E-state index contributed by atoms with van der Waals surface area (Å²) in [6.07, 6.45) is 1.01. The van der Waals surface area contributed by atoms with E-state index in [1.807, 2.05) is 49.4 Å². The number of rotatable bonds is 4. The Bertz CT molecular complexity index is 1480. The number of nitrogens with one attached hydrogen (secondary N) is 2. The molecule has 0 radical (unpaired) electrons. The summed E-state index contributed by atoms with van der Waals surface area (Å²) < 4.78 is 24.9. The topological polar surface area (TPSA) is 76.7 Å². The number of carbonyl (C=O) groups is 2. The van der Waals surface area contributed by atoms with Crippen LogP contribution in [0.3, 0.4) is 0 Å². The highest BCUT2D eigenvalue weighted by Gasteiger charge is 2.41. The molecule has 0 aromatic heterocycles. The molecule has 3 aromatic carbocycles. The Labute approximate surface area is 213 Å². The fraction of sp³-hybridized carbons (Fsp3) is 0.200. The number of amides is 1. The van der Waals surface area contributed by atoms with Crippen LogP contribution in [-0.2, 0) is 9.59 Å². The minimum absolute atomic E-state index is 0.00572. The van der Waals surface area contributed by atoms with Crippen LogP contribution >= 0.6 is 0 Å². The Morgan fingerprint density at radius 3 is 2.57 bits per heavy atom. The second kappa shape index (κ2) is 9.24. The van der Waals surface area contributed by atoms with Gasteiger partial charge in [-0.3, -0.25) is 9.59 Å². The molecule has 2 N–H and O–H groups in total. The quantitative estimate of drug-likeness (QED) is 0.495. The number of ketones is 1. The molecule has 186 valence electrons. The van der Waals surface area contributed by atoms with E-state index in [0.29, 0.717) is 46.9 Å². The number of Topliss-reactive ketones (excluding diaryl/α,β-unsaturated/α-hetero) is 1. The van der Waals surface area contributed by atoms with E-state index in [1.165, 1.54) is 18.2 Å². The number of halogens is 1. The van der Waals surface area contributed by atoms with Crippen LogP contribution in [0.25, 0.3) is 0 Å². The number of fused-ring (bicyclic) bond motifs is 1. The van der Waals surface area contributed by atoms with Gasteiger partial charge in [0, 0.05) is 40.6 Å². The maximum atomic E-state index is 13.8. The summed E-state index contributed by atoms with van der Waals surface area (Å²) in [4.78, 5) is 27.4. The van der Waals surface area contributed by atoms with Crippen molar-refractivity contribution in [3.05, 3.63) is 112 Å². The van der Waals surface area contributed by atoms with Crippen molar-refractivity contribution in [1.82, 2.24) is 5.32 Å². The Kier molecular flexibility index (Phi) is 5.75. The Hall–Kier alpha value is -4.39. The third kappa shape index (κ3) is 4.27. The minimum Gasteiger partial charge on any atom is -0.454 e. The van der Waals surface area contributed by atoms with Crippen molar-refractivity contribution >= 4 is 17.4 Å². The average molecular weight is 497 g/mol. The number of ether oxygens (including phenoxy) is 2. The van der Waals surface area contributed by atoms with Gasteiger partial charge in [0.15, 0.2) is 17.3 Å². The second-order valence-electron chi connectivity index (χ2n) is 9.51. The van der Waals surface area contributed by atoms with Crippen LogP contribution in [0, 0.1) is 5.82 Å². The molecule has 0 spiro atoms. The summed E-state index contributed by atoms with van der Waals surface area (Å²) in [5.41, 5.74) is 4.68. The highest BCUT2D eigenvalue weighted by Crippen LogP contribution is 2.47. The fourth-order valence-corrected chi connectivity index (χ4v) is 5.49. The van der Waals surface area contributed by atoms with Gasteiger partial charge >= 0.3 is 0 Å².